The molecular weight excluding hydrogens is 773 g/mol. The van der Waals surface area contributed by atoms with E-state index >= 15 is 0 Å². The lowest BCUT2D eigenvalue weighted by Gasteiger charge is -2.20. The summed E-state index contributed by atoms with van der Waals surface area (Å²) in [5, 5.41) is 8.90. The molecule has 5 atom stereocenters. The Bertz CT molecular complexity index is 1390. The smallest absolute Gasteiger partial charge is 0.472 e. The zero-order valence-corrected chi connectivity index (χ0v) is 36.6. The number of carbonyl (C=O) groups is 3. The first-order chi connectivity index (χ1) is 28.6. The van der Waals surface area contributed by atoms with Crippen LogP contribution in [0.2, 0.25) is 0 Å². The monoisotopic (exact) mass is 847 g/mol. The van der Waals surface area contributed by atoms with Crippen molar-refractivity contribution in [2.24, 2.45) is 5.73 Å². The van der Waals surface area contributed by atoms with Crippen molar-refractivity contribution in [1.82, 2.24) is 0 Å². The molecule has 12 nitrogen and oxygen atoms in total. The molecule has 1 fully saturated rings. The zero-order valence-electron chi connectivity index (χ0n) is 35.7. The summed E-state index contributed by atoms with van der Waals surface area (Å²) in [5.41, 5.74) is 5.33. The molecule has 1 rings (SSSR count). The highest BCUT2D eigenvalue weighted by Gasteiger charge is 2.36. The Labute approximate surface area is 354 Å². The number of epoxide rings is 1. The van der Waals surface area contributed by atoms with Gasteiger partial charge in [0, 0.05) is 12.8 Å². The number of aliphatic carboxylic acids is 1. The van der Waals surface area contributed by atoms with Crippen molar-refractivity contribution in [3.05, 3.63) is 85.1 Å². The van der Waals surface area contributed by atoms with Gasteiger partial charge in [0.2, 0.25) is 0 Å². The van der Waals surface area contributed by atoms with Gasteiger partial charge in [-0.2, -0.15) is 0 Å². The van der Waals surface area contributed by atoms with Gasteiger partial charge in [-0.3, -0.25) is 23.4 Å². The largest absolute Gasteiger partial charge is 0.480 e. The third kappa shape index (κ3) is 34.1. The first-order valence-electron chi connectivity index (χ1n) is 21.7. The van der Waals surface area contributed by atoms with E-state index in [0.717, 1.165) is 77.0 Å². The molecule has 0 saturated carbocycles. The molecular formula is C46H74NO11P. The Morgan fingerprint density at radius 3 is 1.76 bits per heavy atom. The second-order valence-corrected chi connectivity index (χ2v) is 15.9. The quantitative estimate of drug-likeness (QED) is 0.0176. The predicted octanol–water partition coefficient (Wildman–Crippen LogP) is 10.5. The Morgan fingerprint density at radius 1 is 0.644 bits per heavy atom. The molecule has 1 aliphatic heterocycles. The summed E-state index contributed by atoms with van der Waals surface area (Å²) in [7, 11) is -4.75. The van der Waals surface area contributed by atoms with Crippen LogP contribution in [0.5, 0.6) is 0 Å². The summed E-state index contributed by atoms with van der Waals surface area (Å²) in [6.45, 7) is 2.54. The molecule has 1 aliphatic rings. The number of hydrogen-bond donors (Lipinski definition) is 3. The third-order valence-corrected chi connectivity index (χ3v) is 10.0. The fraction of sp³-hybridized carbons (Fsp3) is 0.630. The number of esters is 2. The lowest BCUT2D eigenvalue weighted by atomic mass is 10.1. The van der Waals surface area contributed by atoms with Crippen LogP contribution >= 0.6 is 7.82 Å². The number of carboxylic acid groups (broad SMARTS) is 1. The Balaban J connectivity index is 2.37. The summed E-state index contributed by atoms with van der Waals surface area (Å²) in [6.07, 6.45) is 46.7. The number of carbonyl (C=O) groups excluding carboxylic acids is 2. The predicted molar refractivity (Wildman–Crippen MR) is 235 cm³/mol. The summed E-state index contributed by atoms with van der Waals surface area (Å²) in [6, 6.07) is -1.54. The molecule has 0 bridgehead atoms. The molecule has 1 heterocycles. The van der Waals surface area contributed by atoms with Crippen LogP contribution in [0.3, 0.4) is 0 Å². The normalized spacial score (nSPS) is 18.0. The molecule has 0 aromatic rings. The fourth-order valence-corrected chi connectivity index (χ4v) is 6.33. The number of allylic oxidation sites excluding steroid dienone is 13. The first kappa shape index (κ1) is 53.6. The number of phosphoric acid groups is 1. The molecule has 3 unspecified atom stereocenters. The molecule has 0 amide bonds. The fourth-order valence-electron chi connectivity index (χ4n) is 5.55. The van der Waals surface area contributed by atoms with E-state index in [-0.39, 0.29) is 25.0 Å². The second kappa shape index (κ2) is 36.5. The number of ether oxygens (including phenoxy) is 3. The van der Waals surface area contributed by atoms with E-state index in [4.69, 9.17) is 29.6 Å². The molecule has 1 saturated heterocycles. The van der Waals surface area contributed by atoms with Crippen molar-refractivity contribution in [1.29, 1.82) is 0 Å². The Kier molecular flexibility index (Phi) is 33.2. The SMILES string of the molecule is CC/C=C\C/C=C\C/C=C\C/C=C\CCCCCCC(=O)O[C@H](COC(=O)CCCC1OC1C/C=C\C/C=C\C/C=C\CCCCC)COP(=O)(O)OC[C@H](N)C(=O)O. The molecule has 0 aromatic carbocycles. The summed E-state index contributed by atoms with van der Waals surface area (Å²) in [5.74, 6) is -2.51. The maximum atomic E-state index is 12.6. The van der Waals surface area contributed by atoms with Crippen LogP contribution in [0.15, 0.2) is 85.1 Å². The first-order valence-corrected chi connectivity index (χ1v) is 23.2. The highest BCUT2D eigenvalue weighted by atomic mass is 31.2. The number of unbranched alkanes of at least 4 members (excludes halogenated alkanes) is 7. The second-order valence-electron chi connectivity index (χ2n) is 14.5. The topological polar surface area (TPSA) is 184 Å². The molecule has 0 aliphatic carbocycles. The third-order valence-electron chi connectivity index (χ3n) is 9.05. The standard InChI is InChI=1S/C46H74NO11P/c1-3-5-7-9-11-13-15-17-18-19-20-21-23-25-27-29-31-35-45(49)57-40(38-55-59(52,53)56-39-41(47)46(50)51)37-54-44(48)36-32-34-43-42(58-43)33-30-28-26-24-22-16-14-12-10-8-6-4-2/h5,7,11-14,17-18,20-22,24,28,30,40-43H,3-4,6,8-10,15-16,19,23,25-27,29,31-39,47H2,1-2H3,(H,50,51)(H,52,53)/b7-5-,13-11-,14-12-,18-17-,21-20-,24-22-,30-28-/t40-,41+,42?,43?/m1/s1. The Hall–Kier alpha value is -3.38. The van der Waals surface area contributed by atoms with Gasteiger partial charge in [-0.1, -0.05) is 125 Å². The number of carboxylic acids is 1. The van der Waals surface area contributed by atoms with Crippen LogP contribution in [-0.4, -0.2) is 72.1 Å². The van der Waals surface area contributed by atoms with Gasteiger partial charge in [0.1, 0.15) is 12.6 Å². The van der Waals surface area contributed by atoms with Crippen molar-refractivity contribution in [3.8, 4) is 0 Å². The van der Waals surface area contributed by atoms with E-state index in [1.807, 2.05) is 0 Å². The van der Waals surface area contributed by atoms with Gasteiger partial charge in [0.05, 0.1) is 25.4 Å². The number of rotatable bonds is 38. The van der Waals surface area contributed by atoms with Gasteiger partial charge in [-0.05, 0) is 89.9 Å². The minimum Gasteiger partial charge on any atom is -0.480 e. The molecule has 59 heavy (non-hydrogen) atoms. The van der Waals surface area contributed by atoms with E-state index in [0.29, 0.717) is 19.3 Å². The number of nitrogens with two attached hydrogens (primary N) is 1. The zero-order chi connectivity index (χ0) is 43.2. The van der Waals surface area contributed by atoms with Gasteiger partial charge in [0.25, 0.3) is 0 Å². The van der Waals surface area contributed by atoms with E-state index in [1.54, 1.807) is 0 Å². The minimum atomic E-state index is -4.75. The average Bonchev–Trinajstić information content (AvgIpc) is 3.97. The molecule has 4 N–H and O–H groups in total. The summed E-state index contributed by atoms with van der Waals surface area (Å²) < 4.78 is 38.4. The number of hydrogen-bond acceptors (Lipinski definition) is 10. The van der Waals surface area contributed by atoms with Gasteiger partial charge in [-0.25, -0.2) is 4.57 Å². The van der Waals surface area contributed by atoms with Crippen molar-refractivity contribution in [2.75, 3.05) is 19.8 Å². The van der Waals surface area contributed by atoms with Crippen LogP contribution in [-0.2, 0) is 42.2 Å². The lowest BCUT2D eigenvalue weighted by molar-refractivity contribution is -0.161. The van der Waals surface area contributed by atoms with E-state index in [9.17, 15) is 23.8 Å². The van der Waals surface area contributed by atoms with E-state index in [1.165, 1.54) is 19.3 Å². The molecule has 334 valence electrons. The Morgan fingerprint density at radius 2 is 1.17 bits per heavy atom. The van der Waals surface area contributed by atoms with Crippen molar-refractivity contribution >= 4 is 25.7 Å². The maximum Gasteiger partial charge on any atom is 0.472 e. The van der Waals surface area contributed by atoms with Gasteiger partial charge in [0.15, 0.2) is 6.10 Å². The van der Waals surface area contributed by atoms with Gasteiger partial charge < -0.3 is 29.9 Å². The summed E-state index contributed by atoms with van der Waals surface area (Å²) >= 11 is 0. The van der Waals surface area contributed by atoms with Crippen LogP contribution in [0.25, 0.3) is 0 Å². The highest BCUT2D eigenvalue weighted by molar-refractivity contribution is 7.47. The van der Waals surface area contributed by atoms with Crippen LogP contribution in [0.1, 0.15) is 142 Å². The van der Waals surface area contributed by atoms with Crippen LogP contribution in [0.4, 0.5) is 0 Å². The van der Waals surface area contributed by atoms with Crippen molar-refractivity contribution < 1.29 is 52.2 Å². The van der Waals surface area contributed by atoms with Gasteiger partial charge in [-0.15, -0.1) is 0 Å². The van der Waals surface area contributed by atoms with Crippen LogP contribution < -0.4 is 5.73 Å². The molecule has 0 aromatic heterocycles. The summed E-state index contributed by atoms with van der Waals surface area (Å²) in [4.78, 5) is 46.1. The lowest BCUT2D eigenvalue weighted by Crippen LogP contribution is -2.34. The van der Waals surface area contributed by atoms with Crippen LogP contribution in [0, 0.1) is 0 Å². The number of phosphoric ester groups is 1. The van der Waals surface area contributed by atoms with Gasteiger partial charge >= 0.3 is 25.7 Å². The van der Waals surface area contributed by atoms with E-state index < -0.39 is 57.7 Å². The molecule has 0 radical (unpaired) electrons. The van der Waals surface area contributed by atoms with Crippen molar-refractivity contribution in [2.45, 2.75) is 167 Å². The maximum absolute atomic E-state index is 12.6. The van der Waals surface area contributed by atoms with E-state index in [2.05, 4.69) is 103 Å². The molecule has 13 heteroatoms. The average molecular weight is 848 g/mol. The molecule has 0 spiro atoms. The van der Waals surface area contributed by atoms with Crippen molar-refractivity contribution in [3.63, 3.8) is 0 Å². The highest BCUT2D eigenvalue weighted by Crippen LogP contribution is 2.43. The minimum absolute atomic E-state index is 0.0932.